The van der Waals surface area contributed by atoms with Crippen LogP contribution in [0.25, 0.3) is 0 Å². The molecule has 1 amide bonds. The second kappa shape index (κ2) is 5.72. The first kappa shape index (κ1) is 12.8. The number of ether oxygens (including phenoxy) is 1. The second-order valence-electron chi connectivity index (χ2n) is 4.15. The predicted octanol–water partition coefficient (Wildman–Crippen LogP) is 0.161. The molecular weight excluding hydrogens is 214 g/mol. The first-order valence-electron chi connectivity index (χ1n) is 5.25. The molecule has 15 heavy (non-hydrogen) atoms. The van der Waals surface area contributed by atoms with Crippen molar-refractivity contribution >= 4 is 18.5 Å². The minimum absolute atomic E-state index is 0.0371. The number of morpholine rings is 1. The van der Waals surface area contributed by atoms with Gasteiger partial charge in [0, 0.05) is 13.1 Å². The maximum atomic E-state index is 11.9. The van der Waals surface area contributed by atoms with E-state index in [0.717, 1.165) is 0 Å². The molecule has 0 bridgehead atoms. The summed E-state index contributed by atoms with van der Waals surface area (Å²) in [5.41, 5.74) is 0. The summed E-state index contributed by atoms with van der Waals surface area (Å²) >= 11 is 4.29. The highest BCUT2D eigenvalue weighted by molar-refractivity contribution is 7.81. The zero-order valence-corrected chi connectivity index (χ0v) is 10.1. The van der Waals surface area contributed by atoms with Gasteiger partial charge in [-0.15, -0.1) is 0 Å². The first-order chi connectivity index (χ1) is 7.06. The number of amides is 1. The Morgan fingerprint density at radius 3 is 2.87 bits per heavy atom. The van der Waals surface area contributed by atoms with Gasteiger partial charge in [0.15, 0.2) is 0 Å². The Balaban J connectivity index is 2.52. The molecule has 0 aromatic rings. The van der Waals surface area contributed by atoms with Gasteiger partial charge in [0.1, 0.15) is 0 Å². The van der Waals surface area contributed by atoms with Gasteiger partial charge in [-0.3, -0.25) is 4.79 Å². The lowest BCUT2D eigenvalue weighted by molar-refractivity contribution is -0.140. The highest BCUT2D eigenvalue weighted by atomic mass is 32.1. The van der Waals surface area contributed by atoms with Gasteiger partial charge in [-0.2, -0.15) is 12.6 Å². The summed E-state index contributed by atoms with van der Waals surface area (Å²) < 4.78 is 5.28. The summed E-state index contributed by atoms with van der Waals surface area (Å²) in [5.74, 6) is 0.256. The number of carbonyl (C=O) groups excluding carboxylic acids is 1. The third-order valence-electron chi connectivity index (χ3n) is 2.54. The maximum Gasteiger partial charge on any atom is 0.235 e. The van der Waals surface area contributed by atoms with Gasteiger partial charge in [0.25, 0.3) is 0 Å². The predicted molar refractivity (Wildman–Crippen MR) is 61.0 cm³/mol. The third kappa shape index (κ3) is 3.36. The zero-order valence-electron chi connectivity index (χ0n) is 9.22. The normalized spacial score (nSPS) is 24.3. The van der Waals surface area contributed by atoms with E-state index in [1.807, 2.05) is 13.8 Å². The molecule has 5 heteroatoms. The van der Waals surface area contributed by atoms with Crippen molar-refractivity contribution in [1.82, 2.24) is 4.90 Å². The van der Waals surface area contributed by atoms with Gasteiger partial charge < -0.3 is 14.7 Å². The number of thiol groups is 1. The van der Waals surface area contributed by atoms with Crippen molar-refractivity contribution in [1.29, 1.82) is 0 Å². The van der Waals surface area contributed by atoms with E-state index < -0.39 is 0 Å². The summed E-state index contributed by atoms with van der Waals surface area (Å²) in [6.07, 6.45) is -0.240. The molecule has 1 fully saturated rings. The maximum absolute atomic E-state index is 11.9. The molecule has 1 saturated heterocycles. The molecule has 0 radical (unpaired) electrons. The van der Waals surface area contributed by atoms with Crippen molar-refractivity contribution in [2.75, 3.05) is 26.3 Å². The van der Waals surface area contributed by atoms with Crippen LogP contribution in [0.3, 0.4) is 0 Å². The Kier molecular flexibility index (Phi) is 4.89. The van der Waals surface area contributed by atoms with Crippen LogP contribution in [0.2, 0.25) is 0 Å². The van der Waals surface area contributed by atoms with Crippen molar-refractivity contribution in [3.8, 4) is 0 Å². The van der Waals surface area contributed by atoms with Crippen LogP contribution >= 0.6 is 12.6 Å². The second-order valence-corrected chi connectivity index (χ2v) is 4.70. The number of nitrogens with zero attached hydrogens (tertiary/aromatic N) is 1. The molecule has 88 valence electrons. The lowest BCUT2D eigenvalue weighted by atomic mass is 10.1. The number of aliphatic hydroxyl groups is 1. The minimum atomic E-state index is -0.262. The molecular formula is C10H19NO3S. The van der Waals surface area contributed by atoms with Crippen LogP contribution in [0.4, 0.5) is 0 Å². The van der Waals surface area contributed by atoms with Gasteiger partial charge in [0.05, 0.1) is 24.6 Å². The molecule has 0 aliphatic carbocycles. The molecule has 0 spiro atoms. The largest absolute Gasteiger partial charge is 0.394 e. The minimum Gasteiger partial charge on any atom is -0.394 e. The fourth-order valence-electron chi connectivity index (χ4n) is 1.50. The van der Waals surface area contributed by atoms with E-state index in [-0.39, 0.29) is 29.8 Å². The molecule has 1 heterocycles. The van der Waals surface area contributed by atoms with Crippen molar-refractivity contribution in [2.24, 2.45) is 5.92 Å². The highest BCUT2D eigenvalue weighted by Crippen LogP contribution is 2.15. The highest BCUT2D eigenvalue weighted by Gasteiger charge is 2.28. The van der Waals surface area contributed by atoms with Gasteiger partial charge in [-0.25, -0.2) is 0 Å². The number of hydrogen-bond acceptors (Lipinski definition) is 4. The van der Waals surface area contributed by atoms with Gasteiger partial charge in [-0.05, 0) is 5.92 Å². The van der Waals surface area contributed by atoms with E-state index >= 15 is 0 Å². The van der Waals surface area contributed by atoms with Crippen LogP contribution in [0.1, 0.15) is 13.8 Å². The van der Waals surface area contributed by atoms with Crippen molar-refractivity contribution < 1.29 is 14.6 Å². The van der Waals surface area contributed by atoms with Crippen molar-refractivity contribution in [3.63, 3.8) is 0 Å². The summed E-state index contributed by atoms with van der Waals surface area (Å²) in [4.78, 5) is 13.6. The quantitative estimate of drug-likeness (QED) is 0.683. The van der Waals surface area contributed by atoms with E-state index in [2.05, 4.69) is 12.6 Å². The fourth-order valence-corrected chi connectivity index (χ4v) is 1.67. The average molecular weight is 233 g/mol. The Morgan fingerprint density at radius 2 is 2.33 bits per heavy atom. The fraction of sp³-hybridized carbons (Fsp3) is 0.900. The molecule has 2 atom stereocenters. The van der Waals surface area contributed by atoms with Crippen LogP contribution in [0.15, 0.2) is 0 Å². The summed E-state index contributed by atoms with van der Waals surface area (Å²) in [6.45, 7) is 5.47. The Hall–Kier alpha value is -0.260. The first-order valence-corrected chi connectivity index (χ1v) is 5.77. The van der Waals surface area contributed by atoms with Crippen LogP contribution in [-0.2, 0) is 9.53 Å². The standard InChI is InChI=1S/C10H19NO3S/c1-7(2)9(15)10(13)11-3-4-14-8(5-11)6-12/h7-9,12,15H,3-6H2,1-2H3. The number of carbonyl (C=O) groups is 1. The number of hydrogen-bond donors (Lipinski definition) is 2. The smallest absolute Gasteiger partial charge is 0.235 e. The number of aliphatic hydroxyl groups excluding tert-OH is 1. The molecule has 1 rings (SSSR count). The SMILES string of the molecule is CC(C)C(S)C(=O)N1CCOC(CO)C1. The Morgan fingerprint density at radius 1 is 1.67 bits per heavy atom. The monoisotopic (exact) mass is 233 g/mol. The Labute approximate surface area is 96.0 Å². The molecule has 0 aromatic heterocycles. The zero-order chi connectivity index (χ0) is 11.4. The summed E-state index contributed by atoms with van der Waals surface area (Å²) in [6, 6.07) is 0. The van der Waals surface area contributed by atoms with Gasteiger partial charge in [0.2, 0.25) is 5.91 Å². The van der Waals surface area contributed by atoms with Crippen LogP contribution < -0.4 is 0 Å². The third-order valence-corrected chi connectivity index (χ3v) is 3.36. The number of rotatable bonds is 3. The molecule has 2 unspecified atom stereocenters. The molecule has 1 N–H and O–H groups in total. The Bertz CT molecular complexity index is 223. The van der Waals surface area contributed by atoms with E-state index in [1.54, 1.807) is 4.90 Å². The van der Waals surface area contributed by atoms with Crippen molar-refractivity contribution in [2.45, 2.75) is 25.2 Å². The summed E-state index contributed by atoms with van der Waals surface area (Å²) in [5, 5.41) is 8.69. The topological polar surface area (TPSA) is 49.8 Å². The van der Waals surface area contributed by atoms with Crippen LogP contribution in [0.5, 0.6) is 0 Å². The van der Waals surface area contributed by atoms with E-state index in [1.165, 1.54) is 0 Å². The molecule has 4 nitrogen and oxygen atoms in total. The van der Waals surface area contributed by atoms with Crippen molar-refractivity contribution in [3.05, 3.63) is 0 Å². The van der Waals surface area contributed by atoms with Gasteiger partial charge >= 0.3 is 0 Å². The lowest BCUT2D eigenvalue weighted by Gasteiger charge is -2.34. The lowest BCUT2D eigenvalue weighted by Crippen LogP contribution is -2.50. The molecule has 0 aromatic carbocycles. The molecule has 0 saturated carbocycles. The summed E-state index contributed by atoms with van der Waals surface area (Å²) in [7, 11) is 0. The average Bonchev–Trinajstić information content (AvgIpc) is 2.27. The van der Waals surface area contributed by atoms with E-state index in [0.29, 0.717) is 19.7 Å². The molecule has 1 aliphatic rings. The van der Waals surface area contributed by atoms with E-state index in [4.69, 9.17) is 9.84 Å². The van der Waals surface area contributed by atoms with Crippen LogP contribution in [0, 0.1) is 5.92 Å². The van der Waals surface area contributed by atoms with Gasteiger partial charge in [-0.1, -0.05) is 13.8 Å². The van der Waals surface area contributed by atoms with Crippen LogP contribution in [-0.4, -0.2) is 53.6 Å². The molecule has 1 aliphatic heterocycles. The van der Waals surface area contributed by atoms with E-state index in [9.17, 15) is 4.79 Å².